The van der Waals surface area contributed by atoms with Gasteiger partial charge in [0, 0.05) is 11.9 Å². The fraction of sp³-hybridized carbons (Fsp3) is 0.643. The summed E-state index contributed by atoms with van der Waals surface area (Å²) in [6.45, 7) is 8.67. The average Bonchev–Trinajstić information content (AvgIpc) is 2.63. The van der Waals surface area contributed by atoms with Gasteiger partial charge >= 0.3 is 0 Å². The van der Waals surface area contributed by atoms with Crippen molar-refractivity contribution in [1.29, 1.82) is 0 Å². The maximum absolute atomic E-state index is 4.47. The normalized spacial score (nSPS) is 24.8. The molecule has 0 saturated carbocycles. The van der Waals surface area contributed by atoms with Crippen molar-refractivity contribution in [2.24, 2.45) is 11.8 Å². The Labute approximate surface area is 108 Å². The first-order chi connectivity index (χ1) is 8.13. The highest BCUT2D eigenvalue weighted by atomic mass is 32.1. The van der Waals surface area contributed by atoms with Gasteiger partial charge in [-0.2, -0.15) is 0 Å². The van der Waals surface area contributed by atoms with Crippen molar-refractivity contribution < 1.29 is 0 Å². The molecule has 1 heterocycles. The molecule has 0 fully saturated rings. The van der Waals surface area contributed by atoms with Gasteiger partial charge in [0.25, 0.3) is 0 Å². The molecule has 0 radical (unpaired) electrons. The number of thiazole rings is 1. The summed E-state index contributed by atoms with van der Waals surface area (Å²) in [5.74, 6) is 1.55. The van der Waals surface area contributed by atoms with Crippen LogP contribution in [0.3, 0.4) is 0 Å². The third kappa shape index (κ3) is 3.93. The predicted octanol–water partition coefficient (Wildman–Crippen LogP) is 3.53. The Morgan fingerprint density at radius 2 is 2.29 bits per heavy atom. The first-order valence-corrected chi connectivity index (χ1v) is 7.30. The molecule has 1 aliphatic rings. The van der Waals surface area contributed by atoms with Gasteiger partial charge in [-0.1, -0.05) is 18.6 Å². The second-order valence-electron chi connectivity index (χ2n) is 5.28. The second-order valence-corrected chi connectivity index (χ2v) is 6.35. The van der Waals surface area contributed by atoms with Gasteiger partial charge in [0.1, 0.15) is 0 Å². The van der Waals surface area contributed by atoms with Crippen LogP contribution < -0.4 is 5.32 Å². The van der Waals surface area contributed by atoms with Gasteiger partial charge in [0.05, 0.1) is 10.7 Å². The maximum atomic E-state index is 4.47. The smallest absolute Gasteiger partial charge is 0.0897 e. The van der Waals surface area contributed by atoms with Crippen LogP contribution in [0.15, 0.2) is 17.0 Å². The molecule has 0 bridgehead atoms. The van der Waals surface area contributed by atoms with Crippen molar-refractivity contribution in [1.82, 2.24) is 10.3 Å². The van der Waals surface area contributed by atoms with Crippen molar-refractivity contribution in [3.63, 3.8) is 0 Å². The highest BCUT2D eigenvalue weighted by Gasteiger charge is 2.17. The van der Waals surface area contributed by atoms with E-state index < -0.39 is 0 Å². The minimum atomic E-state index is 0.747. The van der Waals surface area contributed by atoms with Gasteiger partial charge in [-0.3, -0.25) is 0 Å². The number of aryl methyl sites for hydroxylation is 1. The quantitative estimate of drug-likeness (QED) is 0.827. The fourth-order valence-corrected chi connectivity index (χ4v) is 3.35. The first-order valence-electron chi connectivity index (χ1n) is 6.42. The maximum Gasteiger partial charge on any atom is 0.0897 e. The van der Waals surface area contributed by atoms with Gasteiger partial charge < -0.3 is 5.32 Å². The number of aromatic nitrogens is 1. The van der Waals surface area contributed by atoms with Gasteiger partial charge in [-0.15, -0.1) is 11.3 Å². The summed E-state index contributed by atoms with van der Waals surface area (Å²) in [7, 11) is 0. The zero-order valence-corrected chi connectivity index (χ0v) is 11.8. The molecule has 0 saturated heterocycles. The van der Waals surface area contributed by atoms with E-state index in [9.17, 15) is 0 Å². The van der Waals surface area contributed by atoms with E-state index in [2.05, 4.69) is 42.5 Å². The molecule has 1 aromatic heterocycles. The Hall–Kier alpha value is -0.670. The third-order valence-electron chi connectivity index (χ3n) is 3.29. The molecule has 0 aliphatic heterocycles. The number of allylic oxidation sites excluding steroid dienone is 2. The average molecular weight is 250 g/mol. The number of hydrogen-bond acceptors (Lipinski definition) is 3. The molecule has 2 nitrogen and oxygen atoms in total. The fourth-order valence-electron chi connectivity index (χ4n) is 2.74. The molecular weight excluding hydrogens is 228 g/mol. The SMILES string of the molecule is CC1=CC(C)CC(CNCc2csc(C)n2)C1. The molecule has 1 aliphatic carbocycles. The van der Waals surface area contributed by atoms with E-state index in [0.717, 1.165) is 29.9 Å². The zero-order valence-electron chi connectivity index (χ0n) is 11.0. The van der Waals surface area contributed by atoms with E-state index in [1.807, 2.05) is 0 Å². The highest BCUT2D eigenvalue weighted by molar-refractivity contribution is 7.09. The molecule has 17 heavy (non-hydrogen) atoms. The number of nitrogens with one attached hydrogen (secondary N) is 1. The van der Waals surface area contributed by atoms with Gasteiger partial charge in [0.2, 0.25) is 0 Å². The molecule has 0 spiro atoms. The first kappa shape index (κ1) is 12.8. The van der Waals surface area contributed by atoms with Crippen LogP contribution in [0.25, 0.3) is 0 Å². The summed E-state index contributed by atoms with van der Waals surface area (Å²) in [6, 6.07) is 0. The van der Waals surface area contributed by atoms with Gasteiger partial charge in [-0.05, 0) is 45.1 Å². The zero-order chi connectivity index (χ0) is 12.3. The van der Waals surface area contributed by atoms with Crippen molar-refractivity contribution in [3.8, 4) is 0 Å². The highest BCUT2D eigenvalue weighted by Crippen LogP contribution is 2.27. The minimum absolute atomic E-state index is 0.747. The monoisotopic (exact) mass is 250 g/mol. The molecular formula is C14H22N2S. The molecule has 2 unspecified atom stereocenters. The van der Waals surface area contributed by atoms with E-state index in [0.29, 0.717) is 0 Å². The molecule has 3 heteroatoms. The topological polar surface area (TPSA) is 24.9 Å². The molecule has 1 N–H and O–H groups in total. The van der Waals surface area contributed by atoms with E-state index in [4.69, 9.17) is 0 Å². The molecule has 0 amide bonds. The Morgan fingerprint density at radius 3 is 2.94 bits per heavy atom. The lowest BCUT2D eigenvalue weighted by Gasteiger charge is -2.25. The molecule has 2 rings (SSSR count). The van der Waals surface area contributed by atoms with E-state index in [1.54, 1.807) is 16.9 Å². The van der Waals surface area contributed by atoms with Crippen LogP contribution >= 0.6 is 11.3 Å². The lowest BCUT2D eigenvalue weighted by atomic mass is 9.84. The Morgan fingerprint density at radius 1 is 1.47 bits per heavy atom. The van der Waals surface area contributed by atoms with Crippen LogP contribution in [0.2, 0.25) is 0 Å². The molecule has 94 valence electrons. The lowest BCUT2D eigenvalue weighted by Crippen LogP contribution is -2.26. The Kier molecular flexibility index (Phi) is 4.35. The summed E-state index contributed by atoms with van der Waals surface area (Å²) in [4.78, 5) is 4.47. The van der Waals surface area contributed by atoms with Crippen molar-refractivity contribution in [2.45, 2.75) is 40.2 Å². The van der Waals surface area contributed by atoms with Crippen LogP contribution in [0.4, 0.5) is 0 Å². The minimum Gasteiger partial charge on any atom is -0.311 e. The van der Waals surface area contributed by atoms with E-state index in [1.165, 1.54) is 18.5 Å². The van der Waals surface area contributed by atoms with Crippen molar-refractivity contribution >= 4 is 11.3 Å². The summed E-state index contributed by atoms with van der Waals surface area (Å²) in [6.07, 6.45) is 4.99. The third-order valence-corrected chi connectivity index (χ3v) is 4.11. The molecule has 1 aromatic rings. The predicted molar refractivity (Wildman–Crippen MR) is 74.2 cm³/mol. The molecule has 2 atom stereocenters. The summed E-state index contributed by atoms with van der Waals surface area (Å²) < 4.78 is 0. The Bertz CT molecular complexity index is 395. The Balaban J connectivity index is 1.74. The standard InChI is InChI=1S/C14H22N2S/c1-10-4-11(2)6-13(5-10)7-15-8-14-9-17-12(3)16-14/h4,9-10,13,15H,5-8H2,1-3H3. The number of hydrogen-bond donors (Lipinski definition) is 1. The number of rotatable bonds is 4. The van der Waals surface area contributed by atoms with Crippen molar-refractivity contribution in [2.75, 3.05) is 6.54 Å². The lowest BCUT2D eigenvalue weighted by molar-refractivity contribution is 0.380. The largest absolute Gasteiger partial charge is 0.311 e. The van der Waals surface area contributed by atoms with E-state index >= 15 is 0 Å². The summed E-state index contributed by atoms with van der Waals surface area (Å²) in [5.41, 5.74) is 2.74. The summed E-state index contributed by atoms with van der Waals surface area (Å²) in [5, 5.41) is 6.85. The van der Waals surface area contributed by atoms with Gasteiger partial charge in [0.15, 0.2) is 0 Å². The van der Waals surface area contributed by atoms with Crippen LogP contribution in [-0.2, 0) is 6.54 Å². The van der Waals surface area contributed by atoms with Crippen LogP contribution in [0.5, 0.6) is 0 Å². The number of nitrogens with zero attached hydrogens (tertiary/aromatic N) is 1. The van der Waals surface area contributed by atoms with Crippen LogP contribution in [0, 0.1) is 18.8 Å². The van der Waals surface area contributed by atoms with Crippen LogP contribution in [0.1, 0.15) is 37.4 Å². The second kappa shape index (κ2) is 5.78. The van der Waals surface area contributed by atoms with Crippen molar-refractivity contribution in [3.05, 3.63) is 27.7 Å². The van der Waals surface area contributed by atoms with E-state index in [-0.39, 0.29) is 0 Å². The van der Waals surface area contributed by atoms with Gasteiger partial charge in [-0.25, -0.2) is 4.98 Å². The molecule has 0 aromatic carbocycles. The van der Waals surface area contributed by atoms with Crippen LogP contribution in [-0.4, -0.2) is 11.5 Å². The summed E-state index contributed by atoms with van der Waals surface area (Å²) >= 11 is 1.73.